The maximum atomic E-state index is 14.5. The van der Waals surface area contributed by atoms with E-state index in [0.29, 0.717) is 26.1 Å². The highest BCUT2D eigenvalue weighted by molar-refractivity contribution is 5.99. The van der Waals surface area contributed by atoms with Crippen molar-refractivity contribution >= 4 is 17.8 Å². The lowest BCUT2D eigenvalue weighted by atomic mass is 9.73. The maximum Gasteiger partial charge on any atom is 0.313 e. The van der Waals surface area contributed by atoms with E-state index < -0.39 is 35.0 Å². The van der Waals surface area contributed by atoms with Gasteiger partial charge in [0.1, 0.15) is 23.2 Å². The van der Waals surface area contributed by atoms with E-state index >= 15 is 0 Å². The van der Waals surface area contributed by atoms with Gasteiger partial charge >= 0.3 is 5.97 Å². The summed E-state index contributed by atoms with van der Waals surface area (Å²) in [7, 11) is 0. The predicted molar refractivity (Wildman–Crippen MR) is 147 cm³/mol. The zero-order valence-corrected chi connectivity index (χ0v) is 23.5. The highest BCUT2D eigenvalue weighted by Crippen LogP contribution is 2.58. The summed E-state index contributed by atoms with van der Waals surface area (Å²) in [4.78, 5) is 46.3. The van der Waals surface area contributed by atoms with Gasteiger partial charge in [0.05, 0.1) is 12.5 Å². The van der Waals surface area contributed by atoms with Crippen LogP contribution in [-0.2, 0) is 23.9 Å². The van der Waals surface area contributed by atoms with E-state index in [-0.39, 0.29) is 24.5 Å². The van der Waals surface area contributed by atoms with Crippen LogP contribution in [0, 0.1) is 11.8 Å². The number of rotatable bonds is 8. The largest absolute Gasteiger partial charge is 0.465 e. The molecule has 0 bridgehead atoms. The Hall–Kier alpha value is -2.19. The zero-order valence-electron chi connectivity index (χ0n) is 23.5. The highest BCUT2D eigenvalue weighted by atomic mass is 16.6. The van der Waals surface area contributed by atoms with Crippen molar-refractivity contribution in [1.82, 2.24) is 9.80 Å². The van der Waals surface area contributed by atoms with Crippen LogP contribution in [0.4, 0.5) is 0 Å². The van der Waals surface area contributed by atoms with Crippen molar-refractivity contribution in [3.05, 3.63) is 24.3 Å². The first-order chi connectivity index (χ1) is 19.0. The predicted octanol–water partition coefficient (Wildman–Crippen LogP) is 3.91. The van der Waals surface area contributed by atoms with E-state index in [1.165, 1.54) is 6.42 Å². The minimum atomic E-state index is -1.21. The molecule has 216 valence electrons. The number of aliphatic hydroxyl groups is 1. The van der Waals surface area contributed by atoms with Gasteiger partial charge in [-0.3, -0.25) is 14.4 Å². The lowest BCUT2D eigenvalue weighted by molar-refractivity contribution is -0.162. The number of amides is 2. The molecule has 0 aromatic rings. The topological polar surface area (TPSA) is 96.4 Å². The first-order valence-corrected chi connectivity index (χ1v) is 15.4. The monoisotopic (exact) mass is 542 g/mol. The fraction of sp³-hybridized carbons (Fsp3) is 0.774. The molecule has 1 unspecified atom stereocenters. The van der Waals surface area contributed by atoms with E-state index in [1.807, 2.05) is 30.1 Å². The van der Waals surface area contributed by atoms with Crippen molar-refractivity contribution in [3.8, 4) is 0 Å². The summed E-state index contributed by atoms with van der Waals surface area (Å²) in [6.07, 6.45) is 19.7. The summed E-state index contributed by atoms with van der Waals surface area (Å²) in [6, 6.07) is -0.630. The SMILES string of the molecule is CC[C@@]12/C=C\CCCCOC(=O)[C@@H]1[C@H]1C(=O)N(CCCCCCO)C3C(=O)N(C4CCCCC4)CC=C[C@@]31O2. The highest BCUT2D eigenvalue weighted by Gasteiger charge is 2.75. The van der Waals surface area contributed by atoms with Crippen LogP contribution in [0.2, 0.25) is 0 Å². The quantitative estimate of drug-likeness (QED) is 0.284. The van der Waals surface area contributed by atoms with Gasteiger partial charge < -0.3 is 24.4 Å². The molecule has 0 radical (unpaired) electrons. The molecule has 4 aliphatic heterocycles. The lowest BCUT2D eigenvalue weighted by Crippen LogP contribution is -2.57. The van der Waals surface area contributed by atoms with Crippen LogP contribution >= 0.6 is 0 Å². The molecular weight excluding hydrogens is 496 g/mol. The van der Waals surface area contributed by atoms with E-state index in [4.69, 9.17) is 9.47 Å². The summed E-state index contributed by atoms with van der Waals surface area (Å²) >= 11 is 0. The first-order valence-electron chi connectivity index (χ1n) is 15.4. The fourth-order valence-electron chi connectivity index (χ4n) is 7.76. The van der Waals surface area contributed by atoms with Crippen molar-refractivity contribution in [3.63, 3.8) is 0 Å². The number of ether oxygens (including phenoxy) is 2. The average molecular weight is 543 g/mol. The molecule has 0 aromatic heterocycles. The first kappa shape index (κ1) is 28.3. The number of hydrogen-bond donors (Lipinski definition) is 1. The minimum absolute atomic E-state index is 0.0505. The third kappa shape index (κ3) is 5.08. The normalized spacial score (nSPS) is 36.3. The summed E-state index contributed by atoms with van der Waals surface area (Å²) in [6.45, 7) is 3.41. The minimum Gasteiger partial charge on any atom is -0.465 e. The van der Waals surface area contributed by atoms with E-state index in [1.54, 1.807) is 4.90 Å². The van der Waals surface area contributed by atoms with E-state index in [2.05, 4.69) is 6.08 Å². The van der Waals surface area contributed by atoms with Gasteiger partial charge in [-0.15, -0.1) is 0 Å². The van der Waals surface area contributed by atoms with E-state index in [9.17, 15) is 19.5 Å². The molecule has 1 spiro atoms. The fourth-order valence-corrected chi connectivity index (χ4v) is 7.76. The van der Waals surface area contributed by atoms with Gasteiger partial charge in [0, 0.05) is 25.7 Å². The summed E-state index contributed by atoms with van der Waals surface area (Å²) in [5.41, 5.74) is -2.20. The average Bonchev–Trinajstić information content (AvgIpc) is 3.30. The van der Waals surface area contributed by atoms with Gasteiger partial charge in [0.2, 0.25) is 11.8 Å². The Morgan fingerprint density at radius 2 is 1.72 bits per heavy atom. The van der Waals surface area contributed by atoms with E-state index in [0.717, 1.165) is 70.6 Å². The number of fused-ring (bicyclic) bond motifs is 2. The number of carbonyl (C=O) groups is 3. The molecule has 5 atom stereocenters. The number of hydrogen-bond acceptors (Lipinski definition) is 6. The van der Waals surface area contributed by atoms with Crippen LogP contribution < -0.4 is 0 Å². The standard InChI is InChI=1S/C31H46N2O6/c1-2-30-17-10-3-6-13-22-38-29(37)25(30)24-27(35)33(19-11-4-5-12-21-34)26-28(36)32(23-15-8-7-9-16-23)20-14-18-31(24,26)39-30/h10,14,17-18,23-26,34H,2-9,11-13,15-16,19-22H2,1H3/b17-10-/t24-,25-,26?,30+,31-/m0/s1. The number of aliphatic hydroxyl groups excluding tert-OH is 1. The second-order valence-electron chi connectivity index (χ2n) is 12.0. The molecule has 4 heterocycles. The van der Waals surface area contributed by atoms with Crippen LogP contribution in [0.3, 0.4) is 0 Å². The van der Waals surface area contributed by atoms with Crippen LogP contribution in [0.1, 0.15) is 90.4 Å². The van der Waals surface area contributed by atoms with Gasteiger partial charge in [-0.2, -0.15) is 0 Å². The molecule has 5 rings (SSSR count). The Morgan fingerprint density at radius 3 is 2.49 bits per heavy atom. The van der Waals surface area contributed by atoms with Crippen molar-refractivity contribution in [1.29, 1.82) is 0 Å². The van der Waals surface area contributed by atoms with Crippen molar-refractivity contribution < 1.29 is 29.0 Å². The molecule has 1 aliphatic carbocycles. The van der Waals surface area contributed by atoms with Crippen molar-refractivity contribution in [2.45, 2.75) is 114 Å². The molecule has 2 amide bonds. The molecule has 1 saturated carbocycles. The molecular formula is C31H46N2O6. The van der Waals surface area contributed by atoms with Crippen LogP contribution in [0.15, 0.2) is 24.3 Å². The number of cyclic esters (lactones) is 1. The molecule has 39 heavy (non-hydrogen) atoms. The molecule has 8 nitrogen and oxygen atoms in total. The number of nitrogens with zero attached hydrogens (tertiary/aromatic N) is 2. The number of unbranched alkanes of at least 4 members (excludes halogenated alkanes) is 3. The third-order valence-electron chi connectivity index (χ3n) is 9.74. The van der Waals surface area contributed by atoms with Crippen LogP contribution in [0.25, 0.3) is 0 Å². The Bertz CT molecular complexity index is 974. The molecule has 8 heteroatoms. The molecule has 0 aromatic carbocycles. The number of likely N-dealkylation sites (tertiary alicyclic amines) is 1. The Kier molecular flexibility index (Phi) is 8.82. The van der Waals surface area contributed by atoms with Gasteiger partial charge in [0.15, 0.2) is 0 Å². The van der Waals surface area contributed by atoms with Gasteiger partial charge in [-0.25, -0.2) is 0 Å². The molecule has 3 fully saturated rings. The Labute approximate surface area is 232 Å². The smallest absolute Gasteiger partial charge is 0.313 e. The molecule has 2 saturated heterocycles. The summed E-state index contributed by atoms with van der Waals surface area (Å²) < 4.78 is 12.8. The van der Waals surface area contributed by atoms with Crippen LogP contribution in [0.5, 0.6) is 0 Å². The van der Waals surface area contributed by atoms with Gasteiger partial charge in [0.25, 0.3) is 0 Å². The second kappa shape index (κ2) is 12.1. The van der Waals surface area contributed by atoms with Crippen LogP contribution in [-0.4, -0.2) is 82.3 Å². The Morgan fingerprint density at radius 1 is 0.923 bits per heavy atom. The van der Waals surface area contributed by atoms with Gasteiger partial charge in [-0.05, 0) is 51.4 Å². The molecule has 5 aliphatic rings. The molecule has 1 N–H and O–H groups in total. The van der Waals surface area contributed by atoms with Crippen molar-refractivity contribution in [2.75, 3.05) is 26.3 Å². The zero-order chi connectivity index (χ0) is 27.5. The lowest BCUT2D eigenvalue weighted by Gasteiger charge is -2.40. The number of carbonyl (C=O) groups excluding carboxylic acids is 3. The Balaban J connectivity index is 1.55. The number of allylic oxidation sites excluding steroid dienone is 1. The van der Waals surface area contributed by atoms with Gasteiger partial charge in [-0.1, -0.05) is 63.3 Å². The summed E-state index contributed by atoms with van der Waals surface area (Å²) in [5.74, 6) is -2.22. The van der Waals surface area contributed by atoms with Crippen molar-refractivity contribution in [2.24, 2.45) is 11.8 Å². The third-order valence-corrected chi connectivity index (χ3v) is 9.74. The summed E-state index contributed by atoms with van der Waals surface area (Å²) in [5, 5.41) is 9.18. The second-order valence-corrected chi connectivity index (χ2v) is 12.0. The maximum absolute atomic E-state index is 14.5. The number of esters is 1.